The van der Waals surface area contributed by atoms with E-state index in [1.807, 2.05) is 9.62 Å². The summed E-state index contributed by atoms with van der Waals surface area (Å²) in [6.45, 7) is 6.37. The number of carbonyl (C=O) groups is 2. The van der Waals surface area contributed by atoms with Crippen LogP contribution in [0.2, 0.25) is 0 Å². The highest BCUT2D eigenvalue weighted by atomic mass is 32.2. The van der Waals surface area contributed by atoms with Crippen LogP contribution in [0.4, 0.5) is 9.93 Å². The van der Waals surface area contributed by atoms with Gasteiger partial charge in [-0.3, -0.25) is 10.1 Å². The highest BCUT2D eigenvalue weighted by molar-refractivity contribution is 7.91. The average Bonchev–Trinajstić information content (AvgIpc) is 3.11. The molecule has 1 aliphatic rings. The lowest BCUT2D eigenvalue weighted by Crippen LogP contribution is -2.45. The molecule has 0 bridgehead atoms. The number of urea groups is 1. The minimum absolute atomic E-state index is 0.144. The van der Waals surface area contributed by atoms with Crippen LogP contribution in [0.3, 0.4) is 0 Å². The predicted octanol–water partition coefficient (Wildman–Crippen LogP) is 2.96. The fourth-order valence-electron chi connectivity index (χ4n) is 3.23. The third kappa shape index (κ3) is 7.23. The van der Waals surface area contributed by atoms with Crippen LogP contribution in [-0.4, -0.2) is 54.5 Å². The molecule has 3 N–H and O–H groups in total. The minimum atomic E-state index is -3.98. The molecule has 2 amide bonds. The molecule has 1 saturated carbocycles. The Labute approximate surface area is 175 Å². The smallest absolute Gasteiger partial charge is 0.323 e. The fraction of sp³-hybridized carbons (Fsp3) is 0.722. The molecule has 1 aliphatic carbocycles. The maximum atomic E-state index is 12.9. The van der Waals surface area contributed by atoms with Gasteiger partial charge in [-0.2, -0.15) is 4.72 Å². The second-order valence-corrected chi connectivity index (χ2v) is 10.9. The van der Waals surface area contributed by atoms with Crippen molar-refractivity contribution in [2.45, 2.75) is 63.1 Å². The monoisotopic (exact) mass is 446 g/mol. The lowest BCUT2D eigenvalue weighted by Gasteiger charge is -2.36. The second-order valence-electron chi connectivity index (χ2n) is 7.92. The second kappa shape index (κ2) is 10.4. The van der Waals surface area contributed by atoms with E-state index in [1.165, 1.54) is 0 Å². The summed E-state index contributed by atoms with van der Waals surface area (Å²) in [4.78, 5) is 29.3. The summed E-state index contributed by atoms with van der Waals surface area (Å²) in [5.74, 6) is -0.148. The van der Waals surface area contributed by atoms with Crippen molar-refractivity contribution in [2.75, 3.05) is 18.4 Å². The number of carboxylic acids is 1. The average molecular weight is 447 g/mol. The van der Waals surface area contributed by atoms with E-state index in [2.05, 4.69) is 31.1 Å². The van der Waals surface area contributed by atoms with Crippen molar-refractivity contribution in [2.24, 2.45) is 11.8 Å². The molecule has 0 radical (unpaired) electrons. The number of sulfonamides is 1. The van der Waals surface area contributed by atoms with E-state index in [1.54, 1.807) is 0 Å². The number of carboxylic acid groups (broad SMARTS) is 1. The van der Waals surface area contributed by atoms with Crippen molar-refractivity contribution < 1.29 is 23.1 Å². The summed E-state index contributed by atoms with van der Waals surface area (Å²) >= 11 is 0.796. The molecule has 1 fully saturated rings. The van der Waals surface area contributed by atoms with Gasteiger partial charge in [0.25, 0.3) is 10.0 Å². The zero-order valence-electron chi connectivity index (χ0n) is 17.1. The summed E-state index contributed by atoms with van der Waals surface area (Å²) in [6.07, 6.45) is 6.10. The van der Waals surface area contributed by atoms with Crippen molar-refractivity contribution in [3.8, 4) is 0 Å². The Morgan fingerprint density at radius 1 is 1.31 bits per heavy atom. The highest BCUT2D eigenvalue weighted by Gasteiger charge is 2.28. The number of carbonyl (C=O) groups excluding carboxylic acids is 1. The molecule has 1 aromatic rings. The number of hydrogen-bond acceptors (Lipinski definition) is 6. The normalized spacial score (nSPS) is 19.9. The Morgan fingerprint density at radius 2 is 1.97 bits per heavy atom. The van der Waals surface area contributed by atoms with E-state index in [0.29, 0.717) is 18.4 Å². The lowest BCUT2D eigenvalue weighted by molar-refractivity contribution is -0.135. The van der Waals surface area contributed by atoms with E-state index in [0.717, 1.165) is 49.6 Å². The number of anilines is 1. The Hall–Kier alpha value is -1.72. The molecule has 0 aromatic carbocycles. The number of thiazole rings is 1. The molecule has 11 heteroatoms. The van der Waals surface area contributed by atoms with Crippen molar-refractivity contribution in [3.05, 3.63) is 6.20 Å². The van der Waals surface area contributed by atoms with Crippen LogP contribution in [0, 0.1) is 11.8 Å². The molecule has 0 saturated heterocycles. The highest BCUT2D eigenvalue weighted by Crippen LogP contribution is 2.29. The molecular weight excluding hydrogens is 416 g/mol. The van der Waals surface area contributed by atoms with Crippen molar-refractivity contribution in [1.82, 2.24) is 14.6 Å². The quantitative estimate of drug-likeness (QED) is 0.535. The van der Waals surface area contributed by atoms with Crippen LogP contribution < -0.4 is 10.0 Å². The Bertz CT molecular complexity index is 801. The van der Waals surface area contributed by atoms with Gasteiger partial charge in [0.15, 0.2) is 9.34 Å². The van der Waals surface area contributed by atoms with Crippen molar-refractivity contribution in [1.29, 1.82) is 0 Å². The summed E-state index contributed by atoms with van der Waals surface area (Å²) in [6, 6.07) is -0.104. The maximum absolute atomic E-state index is 12.9. The Kier molecular flexibility index (Phi) is 8.41. The van der Waals surface area contributed by atoms with Gasteiger partial charge in [-0.05, 0) is 43.9 Å². The Balaban J connectivity index is 2.06. The molecule has 0 atom stereocenters. The molecule has 1 heterocycles. The van der Waals surface area contributed by atoms with Crippen molar-refractivity contribution in [3.63, 3.8) is 0 Å². The molecule has 29 heavy (non-hydrogen) atoms. The van der Waals surface area contributed by atoms with Gasteiger partial charge in [-0.1, -0.05) is 32.1 Å². The van der Waals surface area contributed by atoms with Crippen LogP contribution >= 0.6 is 11.3 Å². The molecule has 1 aromatic heterocycles. The molecule has 0 aliphatic heterocycles. The van der Waals surface area contributed by atoms with E-state index < -0.39 is 22.5 Å². The van der Waals surface area contributed by atoms with Gasteiger partial charge in [-0.25, -0.2) is 18.2 Å². The first-order chi connectivity index (χ1) is 13.6. The molecule has 164 valence electrons. The molecule has 2 rings (SSSR count). The number of hydrogen-bond donors (Lipinski definition) is 3. The van der Waals surface area contributed by atoms with Gasteiger partial charge in [0, 0.05) is 12.6 Å². The zero-order valence-corrected chi connectivity index (χ0v) is 18.7. The van der Waals surface area contributed by atoms with Crippen LogP contribution in [0.5, 0.6) is 0 Å². The number of nitrogens with zero attached hydrogens (tertiary/aromatic N) is 2. The van der Waals surface area contributed by atoms with Crippen LogP contribution in [-0.2, 0) is 14.8 Å². The van der Waals surface area contributed by atoms with E-state index in [4.69, 9.17) is 5.11 Å². The maximum Gasteiger partial charge on any atom is 0.323 e. The van der Waals surface area contributed by atoms with Gasteiger partial charge >= 0.3 is 12.0 Å². The van der Waals surface area contributed by atoms with Crippen LogP contribution in [0.25, 0.3) is 0 Å². The van der Waals surface area contributed by atoms with Gasteiger partial charge in [0.05, 0.1) is 6.20 Å². The number of amides is 2. The molecule has 0 spiro atoms. The first kappa shape index (κ1) is 23.6. The first-order valence-electron chi connectivity index (χ1n) is 9.83. The first-order valence-corrected chi connectivity index (χ1v) is 12.1. The number of nitrogens with one attached hydrogen (secondary N) is 2. The van der Waals surface area contributed by atoms with E-state index in [-0.39, 0.29) is 21.4 Å². The number of aromatic nitrogens is 1. The summed E-state index contributed by atoms with van der Waals surface area (Å²) in [5.41, 5.74) is 0. The fourth-order valence-corrected chi connectivity index (χ4v) is 5.27. The molecular formula is C18H30N4O5S2. The summed E-state index contributed by atoms with van der Waals surface area (Å²) in [5, 5.41) is 11.5. The van der Waals surface area contributed by atoms with E-state index >= 15 is 0 Å². The molecule has 0 unspecified atom stereocenters. The molecule has 9 nitrogen and oxygen atoms in total. The topological polar surface area (TPSA) is 129 Å². The van der Waals surface area contributed by atoms with Gasteiger partial charge < -0.3 is 10.0 Å². The predicted molar refractivity (Wildman–Crippen MR) is 112 cm³/mol. The van der Waals surface area contributed by atoms with Gasteiger partial charge in [0.1, 0.15) is 6.54 Å². The summed E-state index contributed by atoms with van der Waals surface area (Å²) in [7, 11) is -3.98. The summed E-state index contributed by atoms with van der Waals surface area (Å²) < 4.78 is 26.0. The third-order valence-corrected chi connectivity index (χ3v) is 7.79. The van der Waals surface area contributed by atoms with Crippen molar-refractivity contribution >= 4 is 38.5 Å². The van der Waals surface area contributed by atoms with Crippen LogP contribution in [0.1, 0.15) is 52.9 Å². The minimum Gasteiger partial charge on any atom is -0.480 e. The number of rotatable bonds is 9. The number of aliphatic carboxylic acids is 1. The van der Waals surface area contributed by atoms with E-state index in [9.17, 15) is 18.0 Å². The van der Waals surface area contributed by atoms with Gasteiger partial charge in [-0.15, -0.1) is 0 Å². The zero-order chi connectivity index (χ0) is 21.6. The standard InChI is InChI=1S/C18H30N4O5S2/c1-12(2)8-9-22(14-6-4-13(3)5-7-14)18(25)21-17-19-11-16(28-17)29(26,27)20-10-15(23)24/h11-14,20H,4-10H2,1-3H3,(H,23,24)(H,19,21,25). The third-order valence-electron chi connectivity index (χ3n) is 5.01. The largest absolute Gasteiger partial charge is 0.480 e. The lowest BCUT2D eigenvalue weighted by atomic mass is 9.86. The Morgan fingerprint density at radius 3 is 2.55 bits per heavy atom. The van der Waals surface area contributed by atoms with Gasteiger partial charge in [0.2, 0.25) is 0 Å². The SMILES string of the molecule is CC(C)CCN(C(=O)Nc1ncc(S(=O)(=O)NCC(=O)O)s1)C1CCC(C)CC1. The van der Waals surface area contributed by atoms with Crippen LogP contribution in [0.15, 0.2) is 10.4 Å².